The van der Waals surface area contributed by atoms with Crippen molar-refractivity contribution in [2.45, 2.75) is 17.9 Å². The lowest BCUT2D eigenvalue weighted by molar-refractivity contribution is 0.389. The van der Waals surface area contributed by atoms with Crippen LogP contribution >= 0.6 is 0 Å². The van der Waals surface area contributed by atoms with Gasteiger partial charge >= 0.3 is 0 Å². The topological polar surface area (TPSA) is 146 Å². The highest BCUT2D eigenvalue weighted by molar-refractivity contribution is 7.90. The number of hydrogen-bond acceptors (Lipinski definition) is 10. The minimum atomic E-state index is -3.53. The van der Waals surface area contributed by atoms with Gasteiger partial charge in [-0.3, -0.25) is 0 Å². The van der Waals surface area contributed by atoms with E-state index in [0.29, 0.717) is 29.8 Å². The quantitative estimate of drug-likeness (QED) is 0.646. The van der Waals surface area contributed by atoms with Crippen molar-refractivity contribution >= 4 is 27.2 Å². The summed E-state index contributed by atoms with van der Waals surface area (Å²) in [5, 5.41) is 25.9. The van der Waals surface area contributed by atoms with Gasteiger partial charge in [0.2, 0.25) is 5.03 Å². The van der Waals surface area contributed by atoms with Crippen LogP contribution in [-0.4, -0.2) is 54.5 Å². The van der Waals surface area contributed by atoms with Crippen molar-refractivity contribution in [3.8, 4) is 6.07 Å². The molecule has 0 aromatic carbocycles. The minimum absolute atomic E-state index is 0.0899. The van der Waals surface area contributed by atoms with Gasteiger partial charge in [0.05, 0.1) is 18.1 Å². The van der Waals surface area contributed by atoms with E-state index in [4.69, 9.17) is 5.26 Å². The van der Waals surface area contributed by atoms with Gasteiger partial charge in [0.15, 0.2) is 21.3 Å². The predicted molar refractivity (Wildman–Crippen MR) is 99.3 cm³/mol. The number of nitrogens with zero attached hydrogens (tertiary/aromatic N) is 5. The molecule has 27 heavy (non-hydrogen) atoms. The normalized spacial score (nSPS) is 15.1. The zero-order chi connectivity index (χ0) is 19.3. The number of nitriles is 1. The van der Waals surface area contributed by atoms with E-state index in [-0.39, 0.29) is 10.7 Å². The van der Waals surface area contributed by atoms with Gasteiger partial charge in [-0.2, -0.15) is 5.26 Å². The van der Waals surface area contributed by atoms with Gasteiger partial charge in [-0.05, 0) is 31.8 Å². The largest absolute Gasteiger partial charge is 0.382 e. The number of hydrogen-bond donors (Lipinski definition) is 3. The van der Waals surface area contributed by atoms with E-state index < -0.39 is 9.84 Å². The lowest BCUT2D eigenvalue weighted by Crippen LogP contribution is -2.31. The van der Waals surface area contributed by atoms with E-state index >= 15 is 0 Å². The summed E-state index contributed by atoms with van der Waals surface area (Å²) in [6.07, 6.45) is 5.90. The molecule has 0 aliphatic carbocycles. The Morgan fingerprint density at radius 2 is 2.00 bits per heavy atom. The van der Waals surface area contributed by atoms with Gasteiger partial charge in [-0.1, -0.05) is 0 Å². The fraction of sp³-hybridized carbons (Fsp3) is 0.438. The monoisotopic (exact) mass is 388 g/mol. The van der Waals surface area contributed by atoms with Crippen LogP contribution in [0, 0.1) is 17.2 Å². The lowest BCUT2D eigenvalue weighted by atomic mass is 9.98. The number of nitrogens with one attached hydrogen (secondary N) is 3. The molecule has 0 bridgehead atoms. The van der Waals surface area contributed by atoms with Crippen LogP contribution in [0.15, 0.2) is 23.5 Å². The van der Waals surface area contributed by atoms with E-state index in [2.05, 4.69) is 36.1 Å². The fourth-order valence-electron chi connectivity index (χ4n) is 2.76. The van der Waals surface area contributed by atoms with E-state index in [1.54, 1.807) is 6.07 Å². The Balaban J connectivity index is 1.79. The molecule has 0 amide bonds. The first-order chi connectivity index (χ1) is 13.0. The molecular weight excluding hydrogens is 368 g/mol. The highest BCUT2D eigenvalue weighted by atomic mass is 32.2. The maximum atomic E-state index is 12.0. The third-order valence-corrected chi connectivity index (χ3v) is 5.18. The molecule has 3 heterocycles. The van der Waals surface area contributed by atoms with Crippen LogP contribution < -0.4 is 16.0 Å². The highest BCUT2D eigenvalue weighted by Gasteiger charge is 2.19. The Hall–Kier alpha value is -2.84. The van der Waals surface area contributed by atoms with Crippen molar-refractivity contribution in [2.24, 2.45) is 5.92 Å². The molecule has 0 unspecified atom stereocenters. The maximum Gasteiger partial charge on any atom is 0.200 e. The zero-order valence-electron chi connectivity index (χ0n) is 14.8. The van der Waals surface area contributed by atoms with Gasteiger partial charge in [0.25, 0.3) is 0 Å². The van der Waals surface area contributed by atoms with Crippen molar-refractivity contribution < 1.29 is 8.42 Å². The Morgan fingerprint density at radius 3 is 2.63 bits per heavy atom. The molecule has 1 saturated heterocycles. The molecule has 0 saturated carbocycles. The number of sulfone groups is 1. The van der Waals surface area contributed by atoms with E-state index in [9.17, 15) is 8.42 Å². The summed E-state index contributed by atoms with van der Waals surface area (Å²) in [4.78, 5) is 7.97. The summed E-state index contributed by atoms with van der Waals surface area (Å²) in [6, 6.07) is 3.48. The number of rotatable bonds is 6. The van der Waals surface area contributed by atoms with Crippen LogP contribution in [0.5, 0.6) is 0 Å². The van der Waals surface area contributed by atoms with Crippen LogP contribution in [0.4, 0.5) is 17.3 Å². The Labute approximate surface area is 157 Å². The molecule has 10 nitrogen and oxygen atoms in total. The van der Waals surface area contributed by atoms with Crippen LogP contribution in [0.25, 0.3) is 0 Å². The maximum absolute atomic E-state index is 12.0. The molecular formula is C16H20N8O2S. The molecule has 2 aromatic heterocycles. The van der Waals surface area contributed by atoms with Crippen LogP contribution in [0.1, 0.15) is 18.5 Å². The third kappa shape index (κ3) is 5.08. The summed E-state index contributed by atoms with van der Waals surface area (Å²) >= 11 is 0. The molecule has 11 heteroatoms. The Kier molecular flexibility index (Phi) is 5.78. The van der Waals surface area contributed by atoms with Gasteiger partial charge in [-0.15, -0.1) is 10.2 Å². The van der Waals surface area contributed by atoms with E-state index in [1.165, 1.54) is 12.4 Å². The second kappa shape index (κ2) is 8.24. The first kappa shape index (κ1) is 18.9. The zero-order valence-corrected chi connectivity index (χ0v) is 15.6. The summed E-state index contributed by atoms with van der Waals surface area (Å²) in [7, 11) is -3.53. The average molecular weight is 388 g/mol. The standard InChI is InChI=1S/C16H20N8O2S/c1-27(25,26)16-13(20-8-11-2-4-18-5-3-11)6-14(23-24-16)22-15-10-19-12(7-17)9-21-15/h6,9-11,18H,2-5,8H2,1H3,(H2,20,21,22,23). The second-order valence-corrected chi connectivity index (χ2v) is 8.25. The lowest BCUT2D eigenvalue weighted by Gasteiger charge is -2.23. The molecule has 1 aliphatic heterocycles. The van der Waals surface area contributed by atoms with Crippen LogP contribution in [0.3, 0.4) is 0 Å². The smallest absolute Gasteiger partial charge is 0.200 e. The summed E-state index contributed by atoms with van der Waals surface area (Å²) in [6.45, 7) is 2.58. The van der Waals surface area contributed by atoms with Gasteiger partial charge in [-0.25, -0.2) is 18.4 Å². The molecule has 1 fully saturated rings. The van der Waals surface area contributed by atoms with E-state index in [0.717, 1.165) is 32.2 Å². The molecule has 0 spiro atoms. The van der Waals surface area contributed by atoms with E-state index in [1.807, 2.05) is 6.07 Å². The number of aromatic nitrogens is 4. The highest BCUT2D eigenvalue weighted by Crippen LogP contribution is 2.23. The summed E-state index contributed by atoms with van der Waals surface area (Å²) < 4.78 is 24.0. The van der Waals surface area contributed by atoms with Crippen LogP contribution in [0.2, 0.25) is 0 Å². The molecule has 3 rings (SSSR count). The predicted octanol–water partition coefficient (Wildman–Crippen LogP) is 0.697. The summed E-state index contributed by atoms with van der Waals surface area (Å²) in [5.74, 6) is 1.17. The van der Waals surface area contributed by atoms with Crippen molar-refractivity contribution in [3.63, 3.8) is 0 Å². The molecule has 0 radical (unpaired) electrons. The molecule has 3 N–H and O–H groups in total. The Bertz CT molecular complexity index is 934. The van der Waals surface area contributed by atoms with Crippen molar-refractivity contribution in [1.29, 1.82) is 5.26 Å². The summed E-state index contributed by atoms with van der Waals surface area (Å²) in [5.41, 5.74) is 0.596. The second-order valence-electron chi connectivity index (χ2n) is 6.32. The van der Waals surface area contributed by atoms with Crippen molar-refractivity contribution in [3.05, 3.63) is 24.2 Å². The number of anilines is 3. The third-order valence-electron chi connectivity index (χ3n) is 4.17. The average Bonchev–Trinajstić information content (AvgIpc) is 2.67. The SMILES string of the molecule is CS(=O)(=O)c1nnc(Nc2cnc(C#N)cn2)cc1NCC1CCNCC1. The minimum Gasteiger partial charge on any atom is -0.382 e. The van der Waals surface area contributed by atoms with Gasteiger partial charge in [0, 0.05) is 18.9 Å². The first-order valence-corrected chi connectivity index (χ1v) is 10.4. The van der Waals surface area contributed by atoms with Crippen molar-refractivity contribution in [1.82, 2.24) is 25.5 Å². The molecule has 1 aliphatic rings. The van der Waals surface area contributed by atoms with Gasteiger partial charge < -0.3 is 16.0 Å². The van der Waals surface area contributed by atoms with Gasteiger partial charge in [0.1, 0.15) is 11.9 Å². The molecule has 0 atom stereocenters. The molecule has 142 valence electrons. The first-order valence-electron chi connectivity index (χ1n) is 8.47. The van der Waals surface area contributed by atoms with Crippen molar-refractivity contribution in [2.75, 3.05) is 36.5 Å². The fourth-order valence-corrected chi connectivity index (χ4v) is 3.48. The number of piperidine rings is 1. The Morgan fingerprint density at radius 1 is 1.22 bits per heavy atom. The van der Waals surface area contributed by atoms with Crippen LogP contribution in [-0.2, 0) is 9.84 Å². The molecule has 2 aromatic rings.